The maximum atomic E-state index is 12.3. The van der Waals surface area contributed by atoms with Crippen LogP contribution in [0.25, 0.3) is 0 Å². The molecule has 1 saturated carbocycles. The van der Waals surface area contributed by atoms with Crippen LogP contribution in [0, 0.1) is 6.92 Å². The summed E-state index contributed by atoms with van der Waals surface area (Å²) < 4.78 is 27.4. The van der Waals surface area contributed by atoms with E-state index in [1.54, 1.807) is 23.1 Å². The molecule has 21 heavy (non-hydrogen) atoms. The van der Waals surface area contributed by atoms with E-state index < -0.39 is 10.0 Å². The number of rotatable bonds is 10. The van der Waals surface area contributed by atoms with Crippen LogP contribution in [-0.4, -0.2) is 33.0 Å². The van der Waals surface area contributed by atoms with Crippen LogP contribution in [0.2, 0.25) is 0 Å². The van der Waals surface area contributed by atoms with Crippen molar-refractivity contribution in [1.82, 2.24) is 10.0 Å². The lowest BCUT2D eigenvalue weighted by molar-refractivity contribution is 0.578. The fraction of sp³-hybridized carbons (Fsp3) is 0.714. The van der Waals surface area contributed by atoms with E-state index in [0.29, 0.717) is 17.5 Å². The van der Waals surface area contributed by atoms with Crippen LogP contribution in [0.1, 0.15) is 35.4 Å². The monoisotopic (exact) mass is 348 g/mol. The largest absolute Gasteiger partial charge is 0.309 e. The average molecular weight is 349 g/mol. The SMILES string of the molecule is CSCCCCNS(=O)(=O)c1cc(CNC2CC2)sc1C. The summed E-state index contributed by atoms with van der Waals surface area (Å²) in [5.74, 6) is 1.08. The Morgan fingerprint density at radius 1 is 1.38 bits per heavy atom. The number of thiophene rings is 1. The molecule has 7 heteroatoms. The van der Waals surface area contributed by atoms with E-state index in [-0.39, 0.29) is 0 Å². The minimum Gasteiger partial charge on any atom is -0.309 e. The first-order chi connectivity index (χ1) is 10.0. The fourth-order valence-corrected chi connectivity index (χ4v) is 5.22. The molecule has 0 saturated heterocycles. The Labute approximate surface area is 136 Å². The fourth-order valence-electron chi connectivity index (χ4n) is 2.07. The van der Waals surface area contributed by atoms with Gasteiger partial charge < -0.3 is 5.32 Å². The number of aryl methyl sites for hydroxylation is 1. The Hall–Kier alpha value is -0.0800. The zero-order chi connectivity index (χ0) is 15.3. The highest BCUT2D eigenvalue weighted by Gasteiger charge is 2.22. The maximum absolute atomic E-state index is 12.3. The van der Waals surface area contributed by atoms with Crippen molar-refractivity contribution in [3.8, 4) is 0 Å². The highest BCUT2D eigenvalue weighted by atomic mass is 32.2. The van der Waals surface area contributed by atoms with Crippen molar-refractivity contribution >= 4 is 33.1 Å². The lowest BCUT2D eigenvalue weighted by atomic mass is 10.3. The predicted octanol–water partition coefficient (Wildman–Crippen LogP) is 2.73. The molecule has 4 nitrogen and oxygen atoms in total. The lowest BCUT2D eigenvalue weighted by Crippen LogP contribution is -2.25. The maximum Gasteiger partial charge on any atom is 0.241 e. The van der Waals surface area contributed by atoms with Gasteiger partial charge in [0.1, 0.15) is 0 Å². The van der Waals surface area contributed by atoms with Crippen molar-refractivity contribution in [2.75, 3.05) is 18.6 Å². The molecule has 1 aromatic heterocycles. The molecule has 1 aliphatic carbocycles. The molecule has 0 aliphatic heterocycles. The smallest absolute Gasteiger partial charge is 0.241 e. The molecule has 0 atom stereocenters. The number of nitrogens with one attached hydrogen (secondary N) is 2. The number of unbranched alkanes of at least 4 members (excludes halogenated alkanes) is 1. The van der Waals surface area contributed by atoms with Crippen molar-refractivity contribution in [3.63, 3.8) is 0 Å². The van der Waals surface area contributed by atoms with E-state index in [9.17, 15) is 8.42 Å². The summed E-state index contributed by atoms with van der Waals surface area (Å²) in [6.07, 6.45) is 6.48. The third kappa shape index (κ3) is 5.56. The van der Waals surface area contributed by atoms with Gasteiger partial charge in [-0.3, -0.25) is 0 Å². The highest BCUT2D eigenvalue weighted by molar-refractivity contribution is 7.98. The predicted molar refractivity (Wildman–Crippen MR) is 91.7 cm³/mol. The molecule has 1 fully saturated rings. The quantitative estimate of drug-likeness (QED) is 0.638. The zero-order valence-corrected chi connectivity index (χ0v) is 15.1. The lowest BCUT2D eigenvalue weighted by Gasteiger charge is -2.05. The Bertz CT molecular complexity index is 551. The van der Waals surface area contributed by atoms with Gasteiger partial charge in [-0.15, -0.1) is 11.3 Å². The van der Waals surface area contributed by atoms with Gasteiger partial charge in [0.25, 0.3) is 0 Å². The van der Waals surface area contributed by atoms with Crippen LogP contribution in [0.3, 0.4) is 0 Å². The van der Waals surface area contributed by atoms with Gasteiger partial charge in [-0.2, -0.15) is 11.8 Å². The van der Waals surface area contributed by atoms with Crippen LogP contribution in [0.5, 0.6) is 0 Å². The van der Waals surface area contributed by atoms with Crippen LogP contribution in [-0.2, 0) is 16.6 Å². The van der Waals surface area contributed by atoms with Crippen molar-refractivity contribution < 1.29 is 8.42 Å². The van der Waals surface area contributed by atoms with E-state index in [2.05, 4.69) is 16.3 Å². The van der Waals surface area contributed by atoms with Gasteiger partial charge in [0.05, 0.1) is 4.90 Å². The van der Waals surface area contributed by atoms with Gasteiger partial charge in [-0.1, -0.05) is 0 Å². The second-order valence-corrected chi connectivity index (χ2v) is 9.45. The summed E-state index contributed by atoms with van der Waals surface area (Å²) in [6.45, 7) is 3.18. The highest BCUT2D eigenvalue weighted by Crippen LogP contribution is 2.27. The summed E-state index contributed by atoms with van der Waals surface area (Å²) in [5.41, 5.74) is 0. The molecule has 2 rings (SSSR count). The van der Waals surface area contributed by atoms with E-state index in [0.717, 1.165) is 34.9 Å². The van der Waals surface area contributed by atoms with E-state index in [4.69, 9.17) is 0 Å². The number of thioether (sulfide) groups is 1. The van der Waals surface area contributed by atoms with Crippen molar-refractivity contribution in [2.24, 2.45) is 0 Å². The molecule has 2 N–H and O–H groups in total. The van der Waals surface area contributed by atoms with E-state index >= 15 is 0 Å². The van der Waals surface area contributed by atoms with E-state index in [1.807, 2.05) is 13.0 Å². The molecule has 0 radical (unpaired) electrons. The molecular formula is C14H24N2O2S3. The van der Waals surface area contributed by atoms with Crippen molar-refractivity contribution in [1.29, 1.82) is 0 Å². The van der Waals surface area contributed by atoms with Gasteiger partial charge in [0.2, 0.25) is 10.0 Å². The van der Waals surface area contributed by atoms with Gasteiger partial charge in [0.15, 0.2) is 0 Å². The summed E-state index contributed by atoms with van der Waals surface area (Å²) in [6, 6.07) is 2.46. The van der Waals surface area contributed by atoms with E-state index in [1.165, 1.54) is 12.8 Å². The Morgan fingerprint density at radius 2 is 2.14 bits per heavy atom. The molecule has 0 amide bonds. The number of hydrogen-bond donors (Lipinski definition) is 2. The molecule has 0 spiro atoms. The van der Waals surface area contributed by atoms with Gasteiger partial charge in [-0.25, -0.2) is 13.1 Å². The average Bonchev–Trinajstić information content (AvgIpc) is 3.18. The first kappa shape index (κ1) is 17.3. The summed E-state index contributed by atoms with van der Waals surface area (Å²) in [7, 11) is -3.35. The summed E-state index contributed by atoms with van der Waals surface area (Å²) in [5, 5.41) is 3.42. The Kier molecular flexibility index (Phi) is 6.55. The Balaban J connectivity index is 1.88. The van der Waals surface area contributed by atoms with Gasteiger partial charge in [0, 0.05) is 28.9 Å². The second-order valence-electron chi connectivity index (χ2n) is 5.39. The third-order valence-corrected chi connectivity index (χ3v) is 6.89. The van der Waals surface area contributed by atoms with Crippen LogP contribution >= 0.6 is 23.1 Å². The third-order valence-electron chi connectivity index (χ3n) is 3.42. The molecule has 0 aromatic carbocycles. The topological polar surface area (TPSA) is 58.2 Å². The molecule has 0 unspecified atom stereocenters. The van der Waals surface area contributed by atoms with Gasteiger partial charge in [-0.05, 0) is 50.7 Å². The molecule has 120 valence electrons. The molecular weight excluding hydrogens is 324 g/mol. The second kappa shape index (κ2) is 7.97. The van der Waals surface area contributed by atoms with Crippen molar-refractivity contribution in [2.45, 2.75) is 50.1 Å². The van der Waals surface area contributed by atoms with Crippen LogP contribution in [0.15, 0.2) is 11.0 Å². The molecule has 0 bridgehead atoms. The summed E-state index contributed by atoms with van der Waals surface area (Å²) in [4.78, 5) is 2.42. The standard InChI is InChI=1S/C14H24N2O2S3/c1-11-14(9-13(20-11)10-15-12-5-6-12)21(17,18)16-7-3-4-8-19-2/h9,12,15-16H,3-8,10H2,1-2H3. The molecule has 1 aromatic rings. The first-order valence-corrected chi connectivity index (χ1v) is 11.0. The summed E-state index contributed by atoms with van der Waals surface area (Å²) >= 11 is 3.37. The zero-order valence-electron chi connectivity index (χ0n) is 12.6. The van der Waals surface area contributed by atoms with Crippen LogP contribution < -0.4 is 10.0 Å². The van der Waals surface area contributed by atoms with Gasteiger partial charge >= 0.3 is 0 Å². The Morgan fingerprint density at radius 3 is 2.81 bits per heavy atom. The first-order valence-electron chi connectivity index (χ1n) is 7.34. The van der Waals surface area contributed by atoms with Crippen molar-refractivity contribution in [3.05, 3.63) is 15.8 Å². The number of hydrogen-bond acceptors (Lipinski definition) is 5. The molecule has 1 aliphatic rings. The normalized spacial score (nSPS) is 15.5. The minimum atomic E-state index is -3.35. The number of sulfonamides is 1. The minimum absolute atomic E-state index is 0.449. The molecule has 1 heterocycles. The van der Waals surface area contributed by atoms with Crippen LogP contribution in [0.4, 0.5) is 0 Å².